The van der Waals surface area contributed by atoms with E-state index in [0.29, 0.717) is 11.9 Å². The van der Waals surface area contributed by atoms with Crippen LogP contribution in [0.15, 0.2) is 18.2 Å². The largest absolute Gasteiger partial charge is 0.477 e. The molecule has 1 fully saturated rings. The van der Waals surface area contributed by atoms with Crippen molar-refractivity contribution in [2.45, 2.75) is 32.2 Å². The van der Waals surface area contributed by atoms with Gasteiger partial charge in [0.2, 0.25) is 0 Å². The molecule has 5 nitrogen and oxygen atoms in total. The minimum atomic E-state index is -0.985. The predicted octanol–water partition coefficient (Wildman–Crippen LogP) is 2.07. The first-order valence-electron chi connectivity index (χ1n) is 6.88. The highest BCUT2D eigenvalue weighted by atomic mass is 16.4. The summed E-state index contributed by atoms with van der Waals surface area (Å²) in [4.78, 5) is 17.4. The van der Waals surface area contributed by atoms with E-state index < -0.39 is 5.97 Å². The van der Waals surface area contributed by atoms with E-state index in [2.05, 4.69) is 22.1 Å². The molecule has 0 unspecified atom stereocenters. The molecule has 1 aliphatic heterocycles. The van der Waals surface area contributed by atoms with Crippen LogP contribution in [0.3, 0.4) is 0 Å². The molecule has 1 aromatic rings. The molecule has 104 valence electrons. The number of piperidine rings is 1. The molecule has 0 radical (unpaired) electrons. The zero-order chi connectivity index (χ0) is 13.7. The van der Waals surface area contributed by atoms with Gasteiger partial charge in [0.05, 0.1) is 0 Å². The molecule has 0 aliphatic carbocycles. The zero-order valence-electron chi connectivity index (χ0n) is 11.3. The number of nitrogens with zero attached hydrogens (tertiary/aromatic N) is 2. The number of nitrogens with one attached hydrogen (secondary N) is 1. The van der Waals surface area contributed by atoms with Crippen molar-refractivity contribution in [1.29, 1.82) is 0 Å². The van der Waals surface area contributed by atoms with Crippen LogP contribution in [0, 0.1) is 0 Å². The molecule has 0 aromatic carbocycles. The Bertz CT molecular complexity index is 428. The summed E-state index contributed by atoms with van der Waals surface area (Å²) in [6.07, 6.45) is 3.36. The van der Waals surface area contributed by atoms with Crippen molar-refractivity contribution in [2.24, 2.45) is 0 Å². The molecule has 1 aromatic heterocycles. The van der Waals surface area contributed by atoms with E-state index in [1.165, 1.54) is 19.0 Å². The van der Waals surface area contributed by atoms with Crippen molar-refractivity contribution in [3.8, 4) is 0 Å². The lowest BCUT2D eigenvalue weighted by Gasteiger charge is -2.32. The summed E-state index contributed by atoms with van der Waals surface area (Å²) >= 11 is 0. The minimum absolute atomic E-state index is 0.0911. The van der Waals surface area contributed by atoms with Crippen LogP contribution in [0.1, 0.15) is 36.7 Å². The third kappa shape index (κ3) is 3.92. The van der Waals surface area contributed by atoms with Crippen LogP contribution < -0.4 is 5.32 Å². The Kier molecular flexibility index (Phi) is 4.74. The Balaban J connectivity index is 1.88. The summed E-state index contributed by atoms with van der Waals surface area (Å²) in [6, 6.07) is 5.46. The van der Waals surface area contributed by atoms with E-state index in [4.69, 9.17) is 5.11 Å². The number of aromatic carboxylic acids is 1. The van der Waals surface area contributed by atoms with Gasteiger partial charge in [-0.25, -0.2) is 9.78 Å². The molecule has 2 heterocycles. The van der Waals surface area contributed by atoms with Gasteiger partial charge < -0.3 is 15.3 Å². The van der Waals surface area contributed by atoms with Crippen molar-refractivity contribution >= 4 is 11.8 Å². The highest BCUT2D eigenvalue weighted by molar-refractivity contribution is 5.85. The number of rotatable bonds is 5. The third-order valence-corrected chi connectivity index (χ3v) is 3.45. The van der Waals surface area contributed by atoms with Gasteiger partial charge in [0.15, 0.2) is 5.69 Å². The Labute approximate surface area is 113 Å². The Morgan fingerprint density at radius 2 is 2.21 bits per heavy atom. The maximum atomic E-state index is 10.9. The standard InChI is InChI=1S/C14H21N3O2/c1-2-8-17-9-6-11(7-10-17)15-13-5-3-4-12(16-13)14(18)19/h3-5,11H,2,6-10H2,1H3,(H,15,16)(H,18,19). The summed E-state index contributed by atoms with van der Waals surface area (Å²) in [5, 5.41) is 12.2. The van der Waals surface area contributed by atoms with Crippen molar-refractivity contribution in [2.75, 3.05) is 25.0 Å². The van der Waals surface area contributed by atoms with E-state index >= 15 is 0 Å². The second kappa shape index (κ2) is 6.52. The predicted molar refractivity (Wildman–Crippen MR) is 74.6 cm³/mol. The molecule has 0 amide bonds. The monoisotopic (exact) mass is 263 g/mol. The van der Waals surface area contributed by atoms with Crippen LogP contribution in [-0.2, 0) is 0 Å². The molecule has 0 saturated carbocycles. The molecular formula is C14H21N3O2. The van der Waals surface area contributed by atoms with Crippen LogP contribution in [0.25, 0.3) is 0 Å². The number of carbonyl (C=O) groups is 1. The van der Waals surface area contributed by atoms with E-state index in [-0.39, 0.29) is 5.69 Å². The first-order valence-corrected chi connectivity index (χ1v) is 6.88. The lowest BCUT2D eigenvalue weighted by Crippen LogP contribution is -2.39. The third-order valence-electron chi connectivity index (χ3n) is 3.45. The summed E-state index contributed by atoms with van der Waals surface area (Å²) in [7, 11) is 0. The maximum Gasteiger partial charge on any atom is 0.354 e. The molecular weight excluding hydrogens is 242 g/mol. The van der Waals surface area contributed by atoms with Gasteiger partial charge in [-0.15, -0.1) is 0 Å². The van der Waals surface area contributed by atoms with Crippen LogP contribution in [0.2, 0.25) is 0 Å². The SMILES string of the molecule is CCCN1CCC(Nc2cccc(C(=O)O)n2)CC1. The molecule has 1 saturated heterocycles. The van der Waals surface area contributed by atoms with Crippen LogP contribution in [0.5, 0.6) is 0 Å². The number of carboxylic acid groups (broad SMARTS) is 1. The molecule has 0 atom stereocenters. The molecule has 19 heavy (non-hydrogen) atoms. The average Bonchev–Trinajstić information content (AvgIpc) is 2.42. The number of hydrogen-bond acceptors (Lipinski definition) is 4. The van der Waals surface area contributed by atoms with Gasteiger partial charge in [0, 0.05) is 19.1 Å². The first-order chi connectivity index (χ1) is 9.19. The maximum absolute atomic E-state index is 10.9. The van der Waals surface area contributed by atoms with Crippen LogP contribution >= 0.6 is 0 Å². The summed E-state index contributed by atoms with van der Waals surface area (Å²) in [5.74, 6) is -0.324. The second-order valence-electron chi connectivity index (χ2n) is 4.97. The van der Waals surface area contributed by atoms with Crippen molar-refractivity contribution in [1.82, 2.24) is 9.88 Å². The number of pyridine rings is 1. The highest BCUT2D eigenvalue weighted by Crippen LogP contribution is 2.15. The topological polar surface area (TPSA) is 65.5 Å². The van der Waals surface area contributed by atoms with Crippen LogP contribution in [0.4, 0.5) is 5.82 Å². The van der Waals surface area contributed by atoms with E-state index in [1.54, 1.807) is 6.07 Å². The quantitative estimate of drug-likeness (QED) is 0.851. The second-order valence-corrected chi connectivity index (χ2v) is 4.97. The Morgan fingerprint density at radius 1 is 1.47 bits per heavy atom. The number of aromatic nitrogens is 1. The fourth-order valence-corrected chi connectivity index (χ4v) is 2.46. The molecule has 1 aliphatic rings. The number of anilines is 1. The van der Waals surface area contributed by atoms with Gasteiger partial charge in [-0.1, -0.05) is 13.0 Å². The summed E-state index contributed by atoms with van der Waals surface area (Å²) in [5.41, 5.74) is 0.0911. The fraction of sp³-hybridized carbons (Fsp3) is 0.571. The van der Waals surface area contributed by atoms with Gasteiger partial charge in [0.25, 0.3) is 0 Å². The highest BCUT2D eigenvalue weighted by Gasteiger charge is 2.18. The van der Waals surface area contributed by atoms with Gasteiger partial charge >= 0.3 is 5.97 Å². The average molecular weight is 263 g/mol. The smallest absolute Gasteiger partial charge is 0.354 e. The van der Waals surface area contributed by atoms with E-state index in [9.17, 15) is 4.79 Å². The first kappa shape index (κ1) is 13.8. The van der Waals surface area contributed by atoms with Gasteiger partial charge in [0.1, 0.15) is 5.82 Å². The van der Waals surface area contributed by atoms with Crippen molar-refractivity contribution in [3.05, 3.63) is 23.9 Å². The summed E-state index contributed by atoms with van der Waals surface area (Å²) < 4.78 is 0. The molecule has 2 N–H and O–H groups in total. The van der Waals surface area contributed by atoms with Crippen LogP contribution in [-0.4, -0.2) is 46.6 Å². The Hall–Kier alpha value is -1.62. The Morgan fingerprint density at radius 3 is 2.84 bits per heavy atom. The van der Waals surface area contributed by atoms with Crippen molar-refractivity contribution < 1.29 is 9.90 Å². The normalized spacial score (nSPS) is 17.3. The van der Waals surface area contributed by atoms with Crippen molar-refractivity contribution in [3.63, 3.8) is 0 Å². The minimum Gasteiger partial charge on any atom is -0.477 e. The lowest BCUT2D eigenvalue weighted by atomic mass is 10.0. The van der Waals surface area contributed by atoms with E-state index in [0.717, 1.165) is 25.9 Å². The number of carboxylic acids is 1. The zero-order valence-corrected chi connectivity index (χ0v) is 11.3. The molecule has 0 bridgehead atoms. The molecule has 5 heteroatoms. The number of likely N-dealkylation sites (tertiary alicyclic amines) is 1. The van der Waals surface area contributed by atoms with Gasteiger partial charge in [-0.3, -0.25) is 0 Å². The van der Waals surface area contributed by atoms with E-state index in [1.807, 2.05) is 6.07 Å². The number of hydrogen-bond donors (Lipinski definition) is 2. The summed E-state index contributed by atoms with van der Waals surface area (Å²) in [6.45, 7) is 5.57. The lowest BCUT2D eigenvalue weighted by molar-refractivity contribution is 0.0690. The fourth-order valence-electron chi connectivity index (χ4n) is 2.46. The van der Waals surface area contributed by atoms with Gasteiger partial charge in [-0.2, -0.15) is 0 Å². The van der Waals surface area contributed by atoms with Gasteiger partial charge in [-0.05, 0) is 37.9 Å². The molecule has 2 rings (SSSR count). The molecule has 0 spiro atoms.